The van der Waals surface area contributed by atoms with Crippen LogP contribution in [0.3, 0.4) is 0 Å². The Morgan fingerprint density at radius 3 is 2.17 bits per heavy atom. The number of ether oxygens (including phenoxy) is 1. The van der Waals surface area contributed by atoms with E-state index in [9.17, 15) is 40.3 Å². The number of hydrogen-bond donors (Lipinski definition) is 1. The average molecular weight is 361 g/mol. The number of esters is 1. The van der Waals surface area contributed by atoms with E-state index in [0.29, 0.717) is 6.07 Å². The number of alkyl halides is 6. The van der Waals surface area contributed by atoms with Crippen LogP contribution in [0.25, 0.3) is 0 Å². The Morgan fingerprint density at radius 1 is 1.08 bits per heavy atom. The number of Topliss-reactive ketones (excluding diaryl/α,β-unsaturated/α-hetero) is 1. The summed E-state index contributed by atoms with van der Waals surface area (Å²) in [5.41, 5.74) is 3.46. The molecule has 1 aromatic rings. The number of rotatable bonds is 5. The van der Waals surface area contributed by atoms with Crippen LogP contribution in [0.4, 0.5) is 30.7 Å². The van der Waals surface area contributed by atoms with Crippen molar-refractivity contribution in [1.82, 2.24) is 0 Å². The molecule has 2 N–H and O–H groups in total. The van der Waals surface area contributed by atoms with Gasteiger partial charge in [-0.25, -0.2) is 9.18 Å². The Labute approximate surface area is 130 Å². The molecule has 4 nitrogen and oxygen atoms in total. The van der Waals surface area contributed by atoms with Gasteiger partial charge in [0.1, 0.15) is 5.82 Å². The second-order valence-electron chi connectivity index (χ2n) is 4.64. The van der Waals surface area contributed by atoms with Crippen LogP contribution in [0.1, 0.15) is 17.5 Å². The minimum Gasteiger partial charge on any atom is -0.433 e. The largest absolute Gasteiger partial charge is 0.490 e. The number of benzene rings is 1. The SMILES string of the molecule is NC(OC(=O)C(F)(F)F)C(=O)CCc1cc(F)cc(C(F)(F)F)c1. The fraction of sp³-hybridized carbons (Fsp3) is 0.385. The molecule has 0 radical (unpaired) electrons. The highest BCUT2D eigenvalue weighted by molar-refractivity contribution is 5.86. The molecule has 1 unspecified atom stereocenters. The molecule has 0 heterocycles. The molecule has 1 rings (SSSR count). The standard InChI is InChI=1S/C13H10F7NO3/c14-8-4-6(3-7(5-8)12(15,16)17)1-2-9(22)10(21)24-11(23)13(18,19)20/h3-5,10H,1-2,21H2. The number of carbonyl (C=O) groups is 2. The summed E-state index contributed by atoms with van der Waals surface area (Å²) in [6.07, 6.45) is -13.5. The molecule has 0 bridgehead atoms. The number of hydrogen-bond acceptors (Lipinski definition) is 4. The summed E-state index contributed by atoms with van der Waals surface area (Å²) in [5, 5.41) is 0. The first kappa shape index (κ1) is 19.9. The first-order valence-corrected chi connectivity index (χ1v) is 6.23. The van der Waals surface area contributed by atoms with Gasteiger partial charge >= 0.3 is 18.3 Å². The first-order chi connectivity index (χ1) is 10.8. The predicted molar refractivity (Wildman–Crippen MR) is 64.9 cm³/mol. The van der Waals surface area contributed by atoms with Gasteiger partial charge < -0.3 is 4.74 Å². The number of nitrogens with two attached hydrogens (primary N) is 1. The van der Waals surface area contributed by atoms with E-state index >= 15 is 0 Å². The Hall–Kier alpha value is -2.17. The van der Waals surface area contributed by atoms with Crippen LogP contribution in [0.15, 0.2) is 18.2 Å². The Kier molecular flexibility index (Phi) is 5.93. The summed E-state index contributed by atoms with van der Waals surface area (Å²) < 4.78 is 90.2. The van der Waals surface area contributed by atoms with Gasteiger partial charge in [0.2, 0.25) is 6.23 Å². The van der Waals surface area contributed by atoms with E-state index in [2.05, 4.69) is 4.74 Å². The summed E-state index contributed by atoms with van der Waals surface area (Å²) >= 11 is 0. The molecular formula is C13H10F7NO3. The van der Waals surface area contributed by atoms with Crippen molar-refractivity contribution < 1.29 is 45.1 Å². The highest BCUT2D eigenvalue weighted by Gasteiger charge is 2.42. The van der Waals surface area contributed by atoms with Gasteiger partial charge in [-0.2, -0.15) is 26.3 Å². The van der Waals surface area contributed by atoms with Crippen molar-refractivity contribution in [3.63, 3.8) is 0 Å². The Balaban J connectivity index is 2.71. The van der Waals surface area contributed by atoms with Gasteiger partial charge in [0.25, 0.3) is 0 Å². The maximum absolute atomic E-state index is 13.1. The molecule has 134 valence electrons. The Bertz CT molecular complexity index is 625. The molecule has 0 fully saturated rings. The van der Waals surface area contributed by atoms with Crippen LogP contribution in [-0.2, 0) is 26.9 Å². The zero-order chi connectivity index (χ0) is 18.7. The quantitative estimate of drug-likeness (QED) is 0.497. The fourth-order valence-electron chi connectivity index (χ4n) is 1.62. The van der Waals surface area contributed by atoms with Gasteiger partial charge in [-0.15, -0.1) is 0 Å². The topological polar surface area (TPSA) is 69.4 Å². The molecule has 0 aliphatic carbocycles. The van der Waals surface area contributed by atoms with Crippen LogP contribution >= 0.6 is 0 Å². The van der Waals surface area contributed by atoms with Gasteiger partial charge in [-0.3, -0.25) is 10.5 Å². The highest BCUT2D eigenvalue weighted by atomic mass is 19.4. The number of ketones is 1. The third-order valence-electron chi connectivity index (χ3n) is 2.73. The fourth-order valence-corrected chi connectivity index (χ4v) is 1.62. The van der Waals surface area contributed by atoms with Gasteiger partial charge in [0.05, 0.1) is 5.56 Å². The highest BCUT2D eigenvalue weighted by Crippen LogP contribution is 2.30. The Morgan fingerprint density at radius 2 is 1.67 bits per heavy atom. The maximum atomic E-state index is 13.1. The average Bonchev–Trinajstić information content (AvgIpc) is 2.42. The second kappa shape index (κ2) is 7.16. The van der Waals surface area contributed by atoms with E-state index in [-0.39, 0.29) is 11.6 Å². The first-order valence-electron chi connectivity index (χ1n) is 6.23. The van der Waals surface area contributed by atoms with Crippen molar-refractivity contribution in [2.24, 2.45) is 5.73 Å². The maximum Gasteiger partial charge on any atom is 0.490 e. The second-order valence-corrected chi connectivity index (χ2v) is 4.64. The van der Waals surface area contributed by atoms with Crippen molar-refractivity contribution >= 4 is 11.8 Å². The normalized spacial score (nSPS) is 13.5. The van der Waals surface area contributed by atoms with Crippen molar-refractivity contribution in [3.05, 3.63) is 35.1 Å². The molecule has 24 heavy (non-hydrogen) atoms. The number of aryl methyl sites for hydroxylation is 1. The van der Waals surface area contributed by atoms with E-state index in [1.807, 2.05) is 0 Å². The summed E-state index contributed by atoms with van der Waals surface area (Å²) in [7, 11) is 0. The van der Waals surface area contributed by atoms with Crippen LogP contribution < -0.4 is 5.73 Å². The molecule has 0 aromatic heterocycles. The van der Waals surface area contributed by atoms with Gasteiger partial charge in [-0.1, -0.05) is 0 Å². The van der Waals surface area contributed by atoms with Crippen LogP contribution in [0.2, 0.25) is 0 Å². The summed E-state index contributed by atoms with van der Waals surface area (Å²) in [6.45, 7) is 0. The monoisotopic (exact) mass is 361 g/mol. The lowest BCUT2D eigenvalue weighted by molar-refractivity contribution is -0.204. The predicted octanol–water partition coefficient (Wildman–Crippen LogP) is 2.74. The lowest BCUT2D eigenvalue weighted by Crippen LogP contribution is -2.40. The smallest absolute Gasteiger partial charge is 0.433 e. The zero-order valence-corrected chi connectivity index (χ0v) is 11.7. The van der Waals surface area contributed by atoms with Gasteiger partial charge in [-0.05, 0) is 30.2 Å². The molecule has 0 saturated heterocycles. The van der Waals surface area contributed by atoms with E-state index in [1.54, 1.807) is 0 Å². The zero-order valence-electron chi connectivity index (χ0n) is 11.7. The number of halogens is 7. The van der Waals surface area contributed by atoms with E-state index in [0.717, 1.165) is 6.07 Å². The van der Waals surface area contributed by atoms with Gasteiger partial charge in [0, 0.05) is 6.42 Å². The van der Waals surface area contributed by atoms with Crippen molar-refractivity contribution in [2.45, 2.75) is 31.4 Å². The molecule has 0 amide bonds. The van der Waals surface area contributed by atoms with Crippen LogP contribution in [0, 0.1) is 5.82 Å². The van der Waals surface area contributed by atoms with Crippen molar-refractivity contribution in [1.29, 1.82) is 0 Å². The van der Waals surface area contributed by atoms with Crippen LogP contribution in [0.5, 0.6) is 0 Å². The molecule has 1 aromatic carbocycles. The van der Waals surface area contributed by atoms with E-state index < -0.39 is 54.6 Å². The lowest BCUT2D eigenvalue weighted by atomic mass is 10.0. The molecular weight excluding hydrogens is 351 g/mol. The molecule has 0 spiro atoms. The molecule has 0 aliphatic heterocycles. The third kappa shape index (κ3) is 5.80. The van der Waals surface area contributed by atoms with E-state index in [4.69, 9.17) is 5.73 Å². The lowest BCUT2D eigenvalue weighted by Gasteiger charge is -2.13. The van der Waals surface area contributed by atoms with E-state index in [1.165, 1.54) is 0 Å². The molecule has 11 heteroatoms. The third-order valence-corrected chi connectivity index (χ3v) is 2.73. The summed E-state index contributed by atoms with van der Waals surface area (Å²) in [5.74, 6) is -5.03. The summed E-state index contributed by atoms with van der Waals surface area (Å²) in [4.78, 5) is 22.0. The van der Waals surface area contributed by atoms with Crippen LogP contribution in [-0.4, -0.2) is 24.2 Å². The molecule has 0 aliphatic rings. The van der Waals surface area contributed by atoms with Crippen molar-refractivity contribution in [3.8, 4) is 0 Å². The number of carbonyl (C=O) groups excluding carboxylic acids is 2. The molecule has 1 atom stereocenters. The molecule has 0 saturated carbocycles. The minimum atomic E-state index is -5.35. The minimum absolute atomic E-state index is 0.218. The van der Waals surface area contributed by atoms with Crippen molar-refractivity contribution in [2.75, 3.05) is 0 Å². The summed E-state index contributed by atoms with van der Waals surface area (Å²) in [6, 6.07) is 1.57. The van der Waals surface area contributed by atoms with Gasteiger partial charge in [0.15, 0.2) is 5.78 Å².